The zero-order chi connectivity index (χ0) is 15.9. The third-order valence-corrected chi connectivity index (χ3v) is 3.77. The van der Waals surface area contributed by atoms with Gasteiger partial charge < -0.3 is 15.0 Å². The Labute approximate surface area is 130 Å². The summed E-state index contributed by atoms with van der Waals surface area (Å²) < 4.78 is 5.12. The molecule has 1 aromatic rings. The standard InChI is InChI=1S/C16H23N3O3/c1-3-12(2)18-14(20)11-22-16(21)13-7-6-8-17-15(13)19-9-4-5-10-19/h6-8,12H,3-5,9-11H2,1-2H3,(H,18,20)/t12-/m1/s1. The first kappa shape index (κ1) is 16.3. The average Bonchev–Trinajstić information content (AvgIpc) is 3.06. The van der Waals surface area contributed by atoms with Crippen molar-refractivity contribution in [1.82, 2.24) is 10.3 Å². The number of carbonyl (C=O) groups excluding carboxylic acids is 2. The second kappa shape index (κ2) is 7.77. The summed E-state index contributed by atoms with van der Waals surface area (Å²) in [4.78, 5) is 30.3. The van der Waals surface area contributed by atoms with Crippen molar-refractivity contribution in [3.05, 3.63) is 23.9 Å². The summed E-state index contributed by atoms with van der Waals surface area (Å²) >= 11 is 0. The second-order valence-electron chi connectivity index (χ2n) is 5.52. The molecule has 1 aliphatic heterocycles. The van der Waals surface area contributed by atoms with Crippen molar-refractivity contribution in [3.8, 4) is 0 Å². The van der Waals surface area contributed by atoms with Crippen LogP contribution in [0.15, 0.2) is 18.3 Å². The number of ether oxygens (including phenoxy) is 1. The predicted molar refractivity (Wildman–Crippen MR) is 83.9 cm³/mol. The van der Waals surface area contributed by atoms with Gasteiger partial charge in [0.2, 0.25) is 0 Å². The fraction of sp³-hybridized carbons (Fsp3) is 0.562. The maximum atomic E-state index is 12.2. The maximum Gasteiger partial charge on any atom is 0.342 e. The molecule has 0 bridgehead atoms. The molecule has 2 heterocycles. The Bertz CT molecular complexity index is 527. The highest BCUT2D eigenvalue weighted by Crippen LogP contribution is 2.22. The highest BCUT2D eigenvalue weighted by molar-refractivity contribution is 5.96. The minimum Gasteiger partial charge on any atom is -0.452 e. The number of amides is 1. The number of aromatic nitrogens is 1. The molecule has 0 spiro atoms. The first-order valence-corrected chi connectivity index (χ1v) is 7.78. The summed E-state index contributed by atoms with van der Waals surface area (Å²) in [7, 11) is 0. The van der Waals surface area contributed by atoms with Gasteiger partial charge >= 0.3 is 5.97 Å². The number of carbonyl (C=O) groups is 2. The van der Waals surface area contributed by atoms with Gasteiger partial charge in [-0.15, -0.1) is 0 Å². The molecule has 1 aliphatic rings. The Hall–Kier alpha value is -2.11. The molecule has 0 aromatic carbocycles. The van der Waals surface area contributed by atoms with Crippen LogP contribution in [0.3, 0.4) is 0 Å². The summed E-state index contributed by atoms with van der Waals surface area (Å²) in [6, 6.07) is 3.47. The van der Waals surface area contributed by atoms with Crippen molar-refractivity contribution < 1.29 is 14.3 Å². The predicted octanol–water partition coefficient (Wildman–Crippen LogP) is 1.75. The molecule has 120 valence electrons. The highest BCUT2D eigenvalue weighted by Gasteiger charge is 2.22. The molecule has 6 nitrogen and oxygen atoms in total. The Morgan fingerprint density at radius 1 is 1.41 bits per heavy atom. The van der Waals surface area contributed by atoms with E-state index in [0.29, 0.717) is 11.4 Å². The molecule has 6 heteroatoms. The van der Waals surface area contributed by atoms with Crippen molar-refractivity contribution in [1.29, 1.82) is 0 Å². The number of rotatable bonds is 6. The van der Waals surface area contributed by atoms with Gasteiger partial charge in [0.05, 0.1) is 0 Å². The first-order valence-electron chi connectivity index (χ1n) is 7.78. The fourth-order valence-electron chi connectivity index (χ4n) is 2.36. The van der Waals surface area contributed by atoms with Crippen molar-refractivity contribution >= 4 is 17.7 Å². The van der Waals surface area contributed by atoms with Crippen LogP contribution in [0.5, 0.6) is 0 Å². The van der Waals surface area contributed by atoms with Crippen molar-refractivity contribution in [2.24, 2.45) is 0 Å². The summed E-state index contributed by atoms with van der Waals surface area (Å²) in [5.41, 5.74) is 0.417. The maximum absolute atomic E-state index is 12.2. The van der Waals surface area contributed by atoms with Crippen LogP contribution < -0.4 is 10.2 Å². The monoisotopic (exact) mass is 305 g/mol. The Morgan fingerprint density at radius 3 is 2.82 bits per heavy atom. The van der Waals surface area contributed by atoms with E-state index in [4.69, 9.17) is 4.74 Å². The average molecular weight is 305 g/mol. The summed E-state index contributed by atoms with van der Waals surface area (Å²) in [5.74, 6) is -0.143. The van der Waals surface area contributed by atoms with Crippen LogP contribution >= 0.6 is 0 Å². The molecule has 1 N–H and O–H groups in total. The molecule has 1 amide bonds. The van der Waals surface area contributed by atoms with E-state index in [1.54, 1.807) is 18.3 Å². The lowest BCUT2D eigenvalue weighted by molar-refractivity contribution is -0.124. The van der Waals surface area contributed by atoms with Crippen LogP contribution in [0.4, 0.5) is 5.82 Å². The highest BCUT2D eigenvalue weighted by atomic mass is 16.5. The SMILES string of the molecule is CC[C@@H](C)NC(=O)COC(=O)c1cccnc1N1CCCC1. The number of hydrogen-bond acceptors (Lipinski definition) is 5. The number of esters is 1. The lowest BCUT2D eigenvalue weighted by Gasteiger charge is -2.19. The molecular formula is C16H23N3O3. The van der Waals surface area contributed by atoms with Gasteiger partial charge in [-0.25, -0.2) is 9.78 Å². The summed E-state index contributed by atoms with van der Waals surface area (Å²) in [6.07, 6.45) is 4.70. The van der Waals surface area contributed by atoms with Crippen LogP contribution in [0.25, 0.3) is 0 Å². The van der Waals surface area contributed by atoms with Gasteiger partial charge in [-0.3, -0.25) is 4.79 Å². The number of hydrogen-bond donors (Lipinski definition) is 1. The van der Waals surface area contributed by atoms with Gasteiger partial charge in [0, 0.05) is 25.3 Å². The molecule has 2 rings (SSSR count). The number of nitrogens with zero attached hydrogens (tertiary/aromatic N) is 2. The minimum atomic E-state index is -0.505. The van der Waals surface area contributed by atoms with Gasteiger partial charge in [-0.2, -0.15) is 0 Å². The third kappa shape index (κ3) is 4.19. The van der Waals surface area contributed by atoms with Crippen LogP contribution in [0.1, 0.15) is 43.5 Å². The molecule has 0 radical (unpaired) electrons. The molecular weight excluding hydrogens is 282 g/mol. The molecule has 22 heavy (non-hydrogen) atoms. The lowest BCUT2D eigenvalue weighted by atomic mass is 10.2. The van der Waals surface area contributed by atoms with E-state index in [1.165, 1.54) is 0 Å². The van der Waals surface area contributed by atoms with E-state index in [1.807, 2.05) is 13.8 Å². The molecule has 0 aliphatic carbocycles. The third-order valence-electron chi connectivity index (χ3n) is 3.77. The van der Waals surface area contributed by atoms with E-state index in [2.05, 4.69) is 15.2 Å². The van der Waals surface area contributed by atoms with Crippen LogP contribution in [0.2, 0.25) is 0 Å². The zero-order valence-electron chi connectivity index (χ0n) is 13.2. The fourth-order valence-corrected chi connectivity index (χ4v) is 2.36. The normalized spacial score (nSPS) is 15.5. The zero-order valence-corrected chi connectivity index (χ0v) is 13.2. The van der Waals surface area contributed by atoms with E-state index >= 15 is 0 Å². The Morgan fingerprint density at radius 2 is 2.14 bits per heavy atom. The molecule has 0 saturated carbocycles. The number of pyridine rings is 1. The van der Waals surface area contributed by atoms with Gasteiger partial charge in [0.25, 0.3) is 5.91 Å². The van der Waals surface area contributed by atoms with Crippen LogP contribution in [0, 0.1) is 0 Å². The molecule has 1 aromatic heterocycles. The van der Waals surface area contributed by atoms with E-state index < -0.39 is 5.97 Å². The summed E-state index contributed by atoms with van der Waals surface area (Å²) in [6.45, 7) is 5.41. The number of anilines is 1. The molecule has 1 saturated heterocycles. The topological polar surface area (TPSA) is 71.5 Å². The Kier molecular flexibility index (Phi) is 5.75. The van der Waals surface area contributed by atoms with Gasteiger partial charge in [0.15, 0.2) is 6.61 Å². The van der Waals surface area contributed by atoms with Gasteiger partial charge in [-0.1, -0.05) is 6.92 Å². The van der Waals surface area contributed by atoms with E-state index in [9.17, 15) is 9.59 Å². The Balaban J connectivity index is 1.96. The van der Waals surface area contributed by atoms with Crippen molar-refractivity contribution in [2.75, 3.05) is 24.6 Å². The summed E-state index contributed by atoms with van der Waals surface area (Å²) in [5, 5.41) is 2.76. The first-order chi connectivity index (χ1) is 10.6. The molecule has 0 unspecified atom stereocenters. The van der Waals surface area contributed by atoms with E-state index in [-0.39, 0.29) is 18.6 Å². The van der Waals surface area contributed by atoms with Gasteiger partial charge in [-0.05, 0) is 38.3 Å². The quantitative estimate of drug-likeness (QED) is 0.811. The van der Waals surface area contributed by atoms with Crippen LogP contribution in [-0.2, 0) is 9.53 Å². The van der Waals surface area contributed by atoms with Gasteiger partial charge in [0.1, 0.15) is 11.4 Å². The number of nitrogens with one attached hydrogen (secondary N) is 1. The van der Waals surface area contributed by atoms with Crippen molar-refractivity contribution in [3.63, 3.8) is 0 Å². The van der Waals surface area contributed by atoms with E-state index in [0.717, 1.165) is 32.4 Å². The van der Waals surface area contributed by atoms with Crippen molar-refractivity contribution in [2.45, 2.75) is 39.2 Å². The lowest BCUT2D eigenvalue weighted by Crippen LogP contribution is -2.35. The smallest absolute Gasteiger partial charge is 0.342 e. The largest absolute Gasteiger partial charge is 0.452 e. The molecule has 1 atom stereocenters. The second-order valence-corrected chi connectivity index (χ2v) is 5.52. The molecule has 1 fully saturated rings. The van der Waals surface area contributed by atoms with Crippen LogP contribution in [-0.4, -0.2) is 42.6 Å². The minimum absolute atomic E-state index is 0.0738.